The molecule has 1 N–H and O–H groups in total. The zero-order chi connectivity index (χ0) is 22.1. The Morgan fingerprint density at radius 3 is 2.50 bits per heavy atom. The second-order valence-electron chi connectivity index (χ2n) is 8.02. The number of hydrogen-bond acceptors (Lipinski definition) is 7. The molecular formula is C24H29ClN2O5. The van der Waals surface area contributed by atoms with Gasteiger partial charge in [0.1, 0.15) is 23.0 Å². The first kappa shape index (κ1) is 23.9. The van der Waals surface area contributed by atoms with Crippen molar-refractivity contribution in [2.24, 2.45) is 0 Å². The van der Waals surface area contributed by atoms with Crippen LogP contribution in [0, 0.1) is 6.92 Å². The summed E-state index contributed by atoms with van der Waals surface area (Å²) in [5.74, 6) is 1.88. The van der Waals surface area contributed by atoms with Crippen molar-refractivity contribution in [2.45, 2.75) is 13.5 Å². The number of piperazine rings is 1. The third-order valence-electron chi connectivity index (χ3n) is 5.92. The van der Waals surface area contributed by atoms with Gasteiger partial charge in [-0.05, 0) is 49.9 Å². The highest BCUT2D eigenvalue weighted by molar-refractivity contribution is 6.16. The number of aromatic hydroxyl groups is 1. The molecule has 2 aliphatic rings. The third kappa shape index (κ3) is 4.55. The molecule has 1 saturated heterocycles. The molecule has 0 radical (unpaired) electrons. The Morgan fingerprint density at radius 2 is 1.84 bits per heavy atom. The van der Waals surface area contributed by atoms with Crippen molar-refractivity contribution < 1.29 is 24.1 Å². The van der Waals surface area contributed by atoms with Crippen molar-refractivity contribution in [1.29, 1.82) is 0 Å². The van der Waals surface area contributed by atoms with Gasteiger partial charge in [0.25, 0.3) is 0 Å². The molecule has 0 spiro atoms. The fraction of sp³-hybridized carbons (Fsp3) is 0.375. The van der Waals surface area contributed by atoms with Crippen LogP contribution in [0.1, 0.15) is 27.0 Å². The number of rotatable bonds is 5. The predicted octanol–water partition coefficient (Wildman–Crippen LogP) is 3.50. The van der Waals surface area contributed by atoms with Crippen molar-refractivity contribution in [3.63, 3.8) is 0 Å². The number of aryl methyl sites for hydroxylation is 1. The number of fused-ring (bicyclic) bond motifs is 1. The average Bonchev–Trinajstić information content (AvgIpc) is 3.08. The molecule has 4 rings (SSSR count). The van der Waals surface area contributed by atoms with E-state index < -0.39 is 0 Å². The number of ketones is 1. The highest BCUT2D eigenvalue weighted by Crippen LogP contribution is 2.43. The summed E-state index contributed by atoms with van der Waals surface area (Å²) in [6.45, 7) is 6.08. The molecular weight excluding hydrogens is 432 g/mol. The molecule has 172 valence electrons. The summed E-state index contributed by atoms with van der Waals surface area (Å²) in [5.41, 5.74) is 2.54. The van der Waals surface area contributed by atoms with Gasteiger partial charge >= 0.3 is 0 Å². The van der Waals surface area contributed by atoms with Crippen molar-refractivity contribution in [2.75, 3.05) is 47.4 Å². The second-order valence-corrected chi connectivity index (χ2v) is 8.02. The first-order valence-electron chi connectivity index (χ1n) is 10.3. The Kier molecular flexibility index (Phi) is 7.33. The van der Waals surface area contributed by atoms with Crippen molar-refractivity contribution >= 4 is 24.3 Å². The van der Waals surface area contributed by atoms with E-state index in [4.69, 9.17) is 14.2 Å². The fourth-order valence-electron chi connectivity index (χ4n) is 4.06. The van der Waals surface area contributed by atoms with Gasteiger partial charge in [-0.1, -0.05) is 0 Å². The Balaban J connectivity index is 0.00000289. The molecule has 0 bridgehead atoms. The van der Waals surface area contributed by atoms with Gasteiger partial charge in [-0.15, -0.1) is 12.4 Å². The maximum absolute atomic E-state index is 13.2. The number of carbonyl (C=O) groups excluding carboxylic acids is 1. The van der Waals surface area contributed by atoms with Crippen LogP contribution < -0.4 is 14.2 Å². The van der Waals surface area contributed by atoms with E-state index in [0.717, 1.165) is 26.2 Å². The van der Waals surface area contributed by atoms with E-state index in [-0.39, 0.29) is 29.7 Å². The van der Waals surface area contributed by atoms with E-state index in [9.17, 15) is 9.90 Å². The van der Waals surface area contributed by atoms with Crippen molar-refractivity contribution in [3.8, 4) is 23.0 Å². The molecule has 0 saturated carbocycles. The molecule has 0 amide bonds. The number of methoxy groups -OCH3 is 2. The average molecular weight is 461 g/mol. The van der Waals surface area contributed by atoms with Gasteiger partial charge in [0.05, 0.1) is 25.3 Å². The van der Waals surface area contributed by atoms with E-state index in [1.807, 2.05) is 6.92 Å². The number of halogens is 1. The predicted molar refractivity (Wildman–Crippen MR) is 125 cm³/mol. The first-order valence-corrected chi connectivity index (χ1v) is 10.3. The van der Waals surface area contributed by atoms with Gasteiger partial charge in [0.15, 0.2) is 5.76 Å². The zero-order valence-corrected chi connectivity index (χ0v) is 19.6. The number of allylic oxidation sites excluding steroid dienone is 1. The number of phenols is 1. The lowest BCUT2D eigenvalue weighted by atomic mass is 9.99. The molecule has 2 aliphatic heterocycles. The van der Waals surface area contributed by atoms with Gasteiger partial charge in [-0.2, -0.15) is 0 Å². The molecule has 2 heterocycles. The quantitative estimate of drug-likeness (QED) is 0.684. The maximum Gasteiger partial charge on any atom is 0.232 e. The van der Waals surface area contributed by atoms with Crippen LogP contribution in [0.5, 0.6) is 23.0 Å². The maximum atomic E-state index is 13.2. The number of Topliss-reactive ketones (excluding diaryl/α,β-unsaturated/α-hetero) is 1. The lowest BCUT2D eigenvalue weighted by Crippen LogP contribution is -2.43. The molecule has 2 aromatic carbocycles. The van der Waals surface area contributed by atoms with E-state index in [1.54, 1.807) is 44.6 Å². The summed E-state index contributed by atoms with van der Waals surface area (Å²) < 4.78 is 16.8. The van der Waals surface area contributed by atoms with Crippen LogP contribution in [-0.2, 0) is 6.54 Å². The molecule has 32 heavy (non-hydrogen) atoms. The minimum absolute atomic E-state index is 0. The van der Waals surface area contributed by atoms with Crippen LogP contribution in [0.3, 0.4) is 0 Å². The number of carbonyl (C=O) groups is 1. The Labute approximate surface area is 194 Å². The number of hydrogen-bond donors (Lipinski definition) is 1. The summed E-state index contributed by atoms with van der Waals surface area (Å²) in [4.78, 5) is 17.8. The van der Waals surface area contributed by atoms with Gasteiger partial charge < -0.3 is 24.2 Å². The Morgan fingerprint density at radius 1 is 1.12 bits per heavy atom. The molecule has 7 nitrogen and oxygen atoms in total. The SMILES string of the molecule is COc1ccc(OC)c(/C=C2\Oc3c(CN4CCN(C)CC4)c(O)cc(C)c3C2=O)c1.Cl. The molecule has 0 aliphatic carbocycles. The fourth-order valence-corrected chi connectivity index (χ4v) is 4.06. The van der Waals surface area contributed by atoms with Gasteiger partial charge in [0, 0.05) is 38.3 Å². The summed E-state index contributed by atoms with van der Waals surface area (Å²) in [6, 6.07) is 7.03. The Hall–Kier alpha value is -2.74. The van der Waals surface area contributed by atoms with Gasteiger partial charge in [0.2, 0.25) is 5.78 Å². The largest absolute Gasteiger partial charge is 0.507 e. The van der Waals surface area contributed by atoms with Crippen LogP contribution in [0.15, 0.2) is 30.0 Å². The summed E-state index contributed by atoms with van der Waals surface area (Å²) in [5, 5.41) is 10.7. The molecule has 0 atom stereocenters. The van der Waals surface area contributed by atoms with Crippen molar-refractivity contribution in [3.05, 3.63) is 52.3 Å². The van der Waals surface area contributed by atoms with E-state index in [1.165, 1.54) is 0 Å². The number of phenolic OH excluding ortho intramolecular Hbond substituents is 1. The van der Waals surface area contributed by atoms with E-state index in [0.29, 0.717) is 46.0 Å². The lowest BCUT2D eigenvalue weighted by Gasteiger charge is -2.32. The number of ether oxygens (including phenoxy) is 3. The van der Waals surface area contributed by atoms with Crippen LogP contribution in [-0.4, -0.2) is 68.1 Å². The van der Waals surface area contributed by atoms with Gasteiger partial charge in [-0.3, -0.25) is 9.69 Å². The standard InChI is InChI=1S/C24H28N2O5.ClH/c1-15-11-19(27)18(14-26-9-7-25(2)8-10-26)24-22(15)23(28)21(31-24)13-16-12-17(29-3)5-6-20(16)30-4;/h5-6,11-13,27H,7-10,14H2,1-4H3;1H/b21-13-;. The van der Waals surface area contributed by atoms with Crippen LogP contribution in [0.4, 0.5) is 0 Å². The third-order valence-corrected chi connectivity index (χ3v) is 5.92. The van der Waals surface area contributed by atoms with Crippen LogP contribution in [0.2, 0.25) is 0 Å². The summed E-state index contributed by atoms with van der Waals surface area (Å²) in [7, 11) is 5.26. The molecule has 2 aromatic rings. The summed E-state index contributed by atoms with van der Waals surface area (Å²) in [6.07, 6.45) is 1.67. The van der Waals surface area contributed by atoms with Gasteiger partial charge in [-0.25, -0.2) is 0 Å². The Bertz CT molecular complexity index is 1050. The number of benzene rings is 2. The van der Waals surface area contributed by atoms with Crippen molar-refractivity contribution in [1.82, 2.24) is 9.80 Å². The van der Waals surface area contributed by atoms with E-state index in [2.05, 4.69) is 16.8 Å². The lowest BCUT2D eigenvalue weighted by molar-refractivity contribution is 0.101. The summed E-state index contributed by atoms with van der Waals surface area (Å²) >= 11 is 0. The molecule has 1 fully saturated rings. The van der Waals surface area contributed by atoms with Crippen LogP contribution >= 0.6 is 12.4 Å². The number of nitrogens with zero attached hydrogens (tertiary/aromatic N) is 2. The minimum atomic E-state index is -0.197. The number of likely N-dealkylation sites (N-methyl/N-ethyl adjacent to an activating group) is 1. The minimum Gasteiger partial charge on any atom is -0.507 e. The molecule has 8 heteroatoms. The highest BCUT2D eigenvalue weighted by Gasteiger charge is 2.34. The molecule has 0 unspecified atom stereocenters. The van der Waals surface area contributed by atoms with Crippen LogP contribution in [0.25, 0.3) is 6.08 Å². The molecule has 0 aromatic heterocycles. The highest BCUT2D eigenvalue weighted by atomic mass is 35.5. The monoisotopic (exact) mass is 460 g/mol. The zero-order valence-electron chi connectivity index (χ0n) is 18.8. The topological polar surface area (TPSA) is 71.5 Å². The smallest absolute Gasteiger partial charge is 0.232 e. The first-order chi connectivity index (χ1) is 14.9. The second kappa shape index (κ2) is 9.81. The normalized spacial score (nSPS) is 17.6. The van der Waals surface area contributed by atoms with E-state index >= 15 is 0 Å².